The smallest absolute Gasteiger partial charge is 0.126 e. The molecule has 0 bridgehead atoms. The van der Waals surface area contributed by atoms with Gasteiger partial charge >= 0.3 is 0 Å². The molecule has 0 aliphatic carbocycles. The molecule has 13 heavy (non-hydrogen) atoms. The van der Waals surface area contributed by atoms with Gasteiger partial charge in [-0.1, -0.05) is 0 Å². The highest BCUT2D eigenvalue weighted by atomic mass is 19.1. The molecule has 2 atom stereocenters. The van der Waals surface area contributed by atoms with Gasteiger partial charge in [0.15, 0.2) is 0 Å². The second kappa shape index (κ2) is 3.81. The van der Waals surface area contributed by atoms with E-state index in [1.807, 2.05) is 0 Å². The molecule has 1 aromatic rings. The van der Waals surface area contributed by atoms with Gasteiger partial charge in [0.05, 0.1) is 6.10 Å². The minimum atomic E-state index is -1.04. The zero-order valence-electron chi connectivity index (χ0n) is 7.17. The Hall–Kier alpha value is -1.00. The maximum Gasteiger partial charge on any atom is 0.126 e. The summed E-state index contributed by atoms with van der Waals surface area (Å²) < 4.78 is 25.3. The fraction of sp³-hybridized carbons (Fsp3) is 0.333. The lowest BCUT2D eigenvalue weighted by molar-refractivity contribution is 0.152. The molecule has 0 aromatic heterocycles. The molecular weight excluding hydrogens is 176 g/mol. The fourth-order valence-electron chi connectivity index (χ4n) is 1.05. The molecular formula is C9H11F2NO. The summed E-state index contributed by atoms with van der Waals surface area (Å²) in [5, 5.41) is 9.39. The maximum atomic E-state index is 12.7. The van der Waals surface area contributed by atoms with Gasteiger partial charge in [0.2, 0.25) is 0 Å². The quantitative estimate of drug-likeness (QED) is 0.734. The molecule has 0 aliphatic rings. The normalized spacial score (nSPS) is 15.5. The van der Waals surface area contributed by atoms with Crippen LogP contribution < -0.4 is 5.73 Å². The minimum Gasteiger partial charge on any atom is -0.387 e. The standard InChI is InChI=1S/C9H11F2NO/c1-5(12)9(13)6-2-7(10)4-8(11)3-6/h2-5,9,13H,12H2,1H3/t5-,9-/m1/s1. The number of halogens is 2. The fourth-order valence-corrected chi connectivity index (χ4v) is 1.05. The number of rotatable bonds is 2. The number of hydrogen-bond acceptors (Lipinski definition) is 2. The van der Waals surface area contributed by atoms with Crippen LogP contribution in [-0.4, -0.2) is 11.1 Å². The largest absolute Gasteiger partial charge is 0.387 e. The number of hydrogen-bond donors (Lipinski definition) is 2. The molecule has 4 heteroatoms. The first-order valence-corrected chi connectivity index (χ1v) is 3.90. The van der Waals surface area contributed by atoms with Crippen molar-refractivity contribution in [3.05, 3.63) is 35.4 Å². The first-order chi connectivity index (χ1) is 6.00. The zero-order chi connectivity index (χ0) is 10.0. The molecule has 0 amide bonds. The molecule has 0 saturated heterocycles. The summed E-state index contributed by atoms with van der Waals surface area (Å²) in [7, 11) is 0. The Kier molecular flexibility index (Phi) is 2.95. The van der Waals surface area contributed by atoms with Gasteiger partial charge in [0, 0.05) is 12.1 Å². The predicted octanol–water partition coefficient (Wildman–Crippen LogP) is 1.35. The van der Waals surface area contributed by atoms with E-state index in [-0.39, 0.29) is 5.56 Å². The summed E-state index contributed by atoms with van der Waals surface area (Å²) in [4.78, 5) is 0. The van der Waals surface area contributed by atoms with E-state index < -0.39 is 23.8 Å². The van der Waals surface area contributed by atoms with Gasteiger partial charge in [-0.2, -0.15) is 0 Å². The molecule has 0 aliphatic heterocycles. The molecule has 0 fully saturated rings. The van der Waals surface area contributed by atoms with Crippen LogP contribution in [-0.2, 0) is 0 Å². The topological polar surface area (TPSA) is 46.2 Å². The Morgan fingerprint density at radius 3 is 2.08 bits per heavy atom. The number of aliphatic hydroxyl groups is 1. The van der Waals surface area contributed by atoms with Crippen LogP contribution in [0.25, 0.3) is 0 Å². The highest BCUT2D eigenvalue weighted by Gasteiger charge is 2.13. The molecule has 2 nitrogen and oxygen atoms in total. The van der Waals surface area contributed by atoms with Crippen molar-refractivity contribution in [2.75, 3.05) is 0 Å². The highest BCUT2D eigenvalue weighted by molar-refractivity contribution is 5.21. The summed E-state index contributed by atoms with van der Waals surface area (Å²) in [6, 6.07) is 2.33. The van der Waals surface area contributed by atoms with E-state index in [1.54, 1.807) is 6.92 Å². The Bertz CT molecular complexity index is 281. The average Bonchev–Trinajstić information content (AvgIpc) is 2.01. The van der Waals surface area contributed by atoms with Crippen molar-refractivity contribution in [1.82, 2.24) is 0 Å². The van der Waals surface area contributed by atoms with Crippen LogP contribution >= 0.6 is 0 Å². The molecule has 0 spiro atoms. The SMILES string of the molecule is C[C@@H](N)[C@@H](O)c1cc(F)cc(F)c1. The van der Waals surface area contributed by atoms with Crippen LogP contribution in [0.15, 0.2) is 18.2 Å². The molecule has 0 unspecified atom stereocenters. The second-order valence-corrected chi connectivity index (χ2v) is 3.01. The minimum absolute atomic E-state index is 0.160. The van der Waals surface area contributed by atoms with Crippen molar-refractivity contribution in [3.63, 3.8) is 0 Å². The predicted molar refractivity (Wildman–Crippen MR) is 45.0 cm³/mol. The van der Waals surface area contributed by atoms with E-state index in [2.05, 4.69) is 0 Å². The van der Waals surface area contributed by atoms with E-state index in [4.69, 9.17) is 5.73 Å². The zero-order valence-corrected chi connectivity index (χ0v) is 7.17. The van der Waals surface area contributed by atoms with Crippen LogP contribution in [0.5, 0.6) is 0 Å². The Morgan fingerprint density at radius 2 is 1.69 bits per heavy atom. The molecule has 1 aromatic carbocycles. The summed E-state index contributed by atoms with van der Waals surface area (Å²) in [5.41, 5.74) is 5.53. The number of nitrogens with two attached hydrogens (primary N) is 1. The molecule has 0 radical (unpaired) electrons. The maximum absolute atomic E-state index is 12.7. The third kappa shape index (κ3) is 2.47. The van der Waals surface area contributed by atoms with Crippen molar-refractivity contribution in [3.8, 4) is 0 Å². The molecule has 3 N–H and O–H groups in total. The van der Waals surface area contributed by atoms with Crippen molar-refractivity contribution in [2.45, 2.75) is 19.1 Å². The van der Waals surface area contributed by atoms with Gasteiger partial charge in [-0.15, -0.1) is 0 Å². The lowest BCUT2D eigenvalue weighted by Gasteiger charge is -2.14. The van der Waals surface area contributed by atoms with Gasteiger partial charge in [-0.3, -0.25) is 0 Å². The number of aliphatic hydroxyl groups excluding tert-OH is 1. The first kappa shape index (κ1) is 10.1. The van der Waals surface area contributed by atoms with Crippen LogP contribution in [0.3, 0.4) is 0 Å². The van der Waals surface area contributed by atoms with Gasteiger partial charge < -0.3 is 10.8 Å². The lowest BCUT2D eigenvalue weighted by atomic mass is 10.0. The van der Waals surface area contributed by atoms with Crippen LogP contribution in [0, 0.1) is 11.6 Å². The third-order valence-electron chi connectivity index (χ3n) is 1.72. The monoisotopic (exact) mass is 187 g/mol. The van der Waals surface area contributed by atoms with Crippen molar-refractivity contribution < 1.29 is 13.9 Å². The van der Waals surface area contributed by atoms with Gasteiger partial charge in [-0.05, 0) is 24.6 Å². The van der Waals surface area contributed by atoms with Crippen molar-refractivity contribution in [2.24, 2.45) is 5.73 Å². The molecule has 72 valence electrons. The van der Waals surface area contributed by atoms with Crippen LogP contribution in [0.2, 0.25) is 0 Å². The molecule has 0 heterocycles. The Morgan fingerprint density at radius 1 is 1.23 bits per heavy atom. The third-order valence-corrected chi connectivity index (χ3v) is 1.72. The second-order valence-electron chi connectivity index (χ2n) is 3.01. The van der Waals surface area contributed by atoms with E-state index in [0.29, 0.717) is 0 Å². The summed E-state index contributed by atoms with van der Waals surface area (Å²) >= 11 is 0. The van der Waals surface area contributed by atoms with Gasteiger partial charge in [-0.25, -0.2) is 8.78 Å². The first-order valence-electron chi connectivity index (χ1n) is 3.90. The lowest BCUT2D eigenvalue weighted by Crippen LogP contribution is -2.24. The van der Waals surface area contributed by atoms with Gasteiger partial charge in [0.25, 0.3) is 0 Å². The van der Waals surface area contributed by atoms with E-state index >= 15 is 0 Å². The number of benzene rings is 1. The Balaban J connectivity index is 3.01. The van der Waals surface area contributed by atoms with Crippen molar-refractivity contribution in [1.29, 1.82) is 0 Å². The highest BCUT2D eigenvalue weighted by Crippen LogP contribution is 2.17. The van der Waals surface area contributed by atoms with Crippen LogP contribution in [0.1, 0.15) is 18.6 Å². The van der Waals surface area contributed by atoms with E-state index in [0.717, 1.165) is 18.2 Å². The van der Waals surface area contributed by atoms with Gasteiger partial charge in [0.1, 0.15) is 11.6 Å². The van der Waals surface area contributed by atoms with E-state index in [9.17, 15) is 13.9 Å². The average molecular weight is 187 g/mol. The van der Waals surface area contributed by atoms with E-state index in [1.165, 1.54) is 0 Å². The molecule has 1 rings (SSSR count). The van der Waals surface area contributed by atoms with Crippen LogP contribution in [0.4, 0.5) is 8.78 Å². The summed E-state index contributed by atoms with van der Waals surface area (Å²) in [6.45, 7) is 1.56. The summed E-state index contributed by atoms with van der Waals surface area (Å²) in [5.74, 6) is -1.43. The van der Waals surface area contributed by atoms with Crippen molar-refractivity contribution >= 4 is 0 Å². The molecule has 0 saturated carbocycles. The summed E-state index contributed by atoms with van der Waals surface area (Å²) in [6.07, 6.45) is -1.04. The Labute approximate surface area is 75.0 Å².